The minimum atomic E-state index is -1.02. The maximum Gasteiger partial charge on any atom is 0.338 e. The summed E-state index contributed by atoms with van der Waals surface area (Å²) < 4.78 is 4.87. The molecule has 2 rings (SSSR count). The van der Waals surface area contributed by atoms with Crippen LogP contribution in [0.3, 0.4) is 0 Å². The number of rotatable bonds is 4. The summed E-state index contributed by atoms with van der Waals surface area (Å²) in [5.74, 6) is -0.478. The van der Waals surface area contributed by atoms with Gasteiger partial charge in [0.2, 0.25) is 0 Å². The number of carbonyl (C=O) groups excluding carboxylic acids is 1. The first kappa shape index (κ1) is 10.9. The van der Waals surface area contributed by atoms with Gasteiger partial charge in [-0.1, -0.05) is 24.3 Å². The summed E-state index contributed by atoms with van der Waals surface area (Å²) in [4.78, 5) is 11.6. The predicted octanol–water partition coefficient (Wildman–Crippen LogP) is 0.245. The van der Waals surface area contributed by atoms with Crippen molar-refractivity contribution in [2.24, 2.45) is 0 Å². The molecule has 0 radical (unpaired) electrons. The van der Waals surface area contributed by atoms with Gasteiger partial charge in [0.1, 0.15) is 12.7 Å². The van der Waals surface area contributed by atoms with E-state index in [2.05, 4.69) is 0 Å². The van der Waals surface area contributed by atoms with Gasteiger partial charge in [0, 0.05) is 0 Å². The summed E-state index contributed by atoms with van der Waals surface area (Å²) in [6.07, 6.45) is 8.13. The molecule has 16 heavy (non-hydrogen) atoms. The normalized spacial score (nSPS) is 18.8. The lowest BCUT2D eigenvalue weighted by Crippen LogP contribution is -2.22. The third-order valence-electron chi connectivity index (χ3n) is 2.41. The molecule has 0 bridgehead atoms. The Labute approximate surface area is 92.8 Å². The molecule has 4 nitrogen and oxygen atoms in total. The lowest BCUT2D eigenvalue weighted by Gasteiger charge is -2.08. The SMILES string of the molecule is O=C(OC[C@@H](O)CO)C1=C2C=CC=C2C=C1. The van der Waals surface area contributed by atoms with Gasteiger partial charge < -0.3 is 14.9 Å². The van der Waals surface area contributed by atoms with E-state index in [9.17, 15) is 4.79 Å². The van der Waals surface area contributed by atoms with Crippen LogP contribution in [0.25, 0.3) is 0 Å². The molecule has 0 amide bonds. The summed E-state index contributed by atoms with van der Waals surface area (Å²) in [5, 5.41) is 17.6. The fraction of sp³-hybridized carbons (Fsp3) is 0.250. The zero-order valence-corrected chi connectivity index (χ0v) is 8.59. The van der Waals surface area contributed by atoms with Crippen LogP contribution in [0.1, 0.15) is 0 Å². The summed E-state index contributed by atoms with van der Waals surface area (Å²) in [6.45, 7) is -0.608. The molecular weight excluding hydrogens is 208 g/mol. The molecule has 0 aliphatic heterocycles. The number of carbonyl (C=O) groups is 1. The Hall–Kier alpha value is -1.65. The highest BCUT2D eigenvalue weighted by molar-refractivity contribution is 5.96. The number of esters is 1. The maximum absolute atomic E-state index is 11.6. The van der Waals surface area contributed by atoms with Crippen molar-refractivity contribution in [1.29, 1.82) is 0 Å². The van der Waals surface area contributed by atoms with Crippen LogP contribution in [0, 0.1) is 0 Å². The molecule has 2 N–H and O–H groups in total. The summed E-state index contributed by atoms with van der Waals surface area (Å²) in [5.41, 5.74) is 2.34. The van der Waals surface area contributed by atoms with Gasteiger partial charge in [-0.25, -0.2) is 4.79 Å². The molecule has 0 aromatic heterocycles. The number of hydrogen-bond donors (Lipinski definition) is 2. The number of fused-ring (bicyclic) bond motifs is 1. The molecule has 0 unspecified atom stereocenters. The first-order valence-corrected chi connectivity index (χ1v) is 4.99. The molecule has 0 heterocycles. The van der Waals surface area contributed by atoms with Gasteiger partial charge in [-0.3, -0.25) is 0 Å². The van der Waals surface area contributed by atoms with Gasteiger partial charge >= 0.3 is 5.97 Å². The number of allylic oxidation sites excluding steroid dienone is 6. The number of ether oxygens (including phenoxy) is 1. The molecule has 0 saturated heterocycles. The van der Waals surface area contributed by atoms with E-state index in [0.717, 1.165) is 11.1 Å². The lowest BCUT2D eigenvalue weighted by atomic mass is 10.1. The molecule has 0 fully saturated rings. The predicted molar refractivity (Wildman–Crippen MR) is 57.4 cm³/mol. The monoisotopic (exact) mass is 220 g/mol. The molecule has 4 heteroatoms. The Kier molecular flexibility index (Phi) is 3.03. The van der Waals surface area contributed by atoms with E-state index in [-0.39, 0.29) is 6.61 Å². The zero-order chi connectivity index (χ0) is 11.5. The van der Waals surface area contributed by atoms with Crippen LogP contribution in [0.15, 0.2) is 47.1 Å². The molecule has 0 aromatic rings. The van der Waals surface area contributed by atoms with E-state index in [1.54, 1.807) is 6.08 Å². The number of aliphatic hydroxyl groups is 2. The molecular formula is C12H12O4. The molecule has 1 atom stereocenters. The minimum absolute atomic E-state index is 0.192. The molecule has 0 aromatic carbocycles. The second-order valence-electron chi connectivity index (χ2n) is 3.58. The van der Waals surface area contributed by atoms with Crippen LogP contribution in [-0.4, -0.2) is 35.5 Å². The molecule has 0 saturated carbocycles. The second kappa shape index (κ2) is 4.47. The summed E-state index contributed by atoms with van der Waals surface area (Å²) in [6, 6.07) is 0. The zero-order valence-electron chi connectivity index (χ0n) is 8.59. The highest BCUT2D eigenvalue weighted by atomic mass is 16.5. The third kappa shape index (κ3) is 1.98. The second-order valence-corrected chi connectivity index (χ2v) is 3.58. The molecule has 2 aliphatic rings. The fourth-order valence-electron chi connectivity index (χ4n) is 1.57. The lowest BCUT2D eigenvalue weighted by molar-refractivity contribution is -0.142. The van der Waals surface area contributed by atoms with Gasteiger partial charge in [-0.05, 0) is 17.2 Å². The van der Waals surface area contributed by atoms with Crippen molar-refractivity contribution in [1.82, 2.24) is 0 Å². The highest BCUT2D eigenvalue weighted by Gasteiger charge is 2.21. The van der Waals surface area contributed by atoms with E-state index in [1.165, 1.54) is 0 Å². The van der Waals surface area contributed by atoms with E-state index in [4.69, 9.17) is 14.9 Å². The van der Waals surface area contributed by atoms with Crippen molar-refractivity contribution in [2.45, 2.75) is 6.10 Å². The molecule has 84 valence electrons. The Morgan fingerprint density at radius 3 is 2.94 bits per heavy atom. The quantitative estimate of drug-likeness (QED) is 0.666. The van der Waals surface area contributed by atoms with Crippen molar-refractivity contribution in [3.8, 4) is 0 Å². The van der Waals surface area contributed by atoms with Gasteiger partial charge in [-0.2, -0.15) is 0 Å². The first-order chi connectivity index (χ1) is 7.72. The first-order valence-electron chi connectivity index (χ1n) is 4.99. The summed E-state index contributed by atoms with van der Waals surface area (Å²) in [7, 11) is 0. The van der Waals surface area contributed by atoms with Gasteiger partial charge in [0.05, 0.1) is 12.2 Å². The van der Waals surface area contributed by atoms with Crippen LogP contribution >= 0.6 is 0 Å². The van der Waals surface area contributed by atoms with Crippen molar-refractivity contribution < 1.29 is 19.7 Å². The smallest absolute Gasteiger partial charge is 0.338 e. The standard InChI is InChI=1S/C12H12O4/c13-6-9(14)7-16-12(15)11-5-4-8-2-1-3-10(8)11/h1-5,9,13-14H,6-7H2/t9-/m0/s1. The van der Waals surface area contributed by atoms with Crippen LogP contribution in [0.2, 0.25) is 0 Å². The van der Waals surface area contributed by atoms with Crippen LogP contribution in [0.5, 0.6) is 0 Å². The highest BCUT2D eigenvalue weighted by Crippen LogP contribution is 2.30. The maximum atomic E-state index is 11.6. The Morgan fingerprint density at radius 1 is 1.38 bits per heavy atom. The van der Waals surface area contributed by atoms with Crippen LogP contribution in [0.4, 0.5) is 0 Å². The van der Waals surface area contributed by atoms with Gasteiger partial charge in [-0.15, -0.1) is 0 Å². The third-order valence-corrected chi connectivity index (χ3v) is 2.41. The van der Waals surface area contributed by atoms with Gasteiger partial charge in [0.15, 0.2) is 0 Å². The average Bonchev–Trinajstić information content (AvgIpc) is 2.86. The van der Waals surface area contributed by atoms with E-state index in [1.807, 2.05) is 24.3 Å². The van der Waals surface area contributed by atoms with E-state index < -0.39 is 18.7 Å². The average molecular weight is 220 g/mol. The fourth-order valence-corrected chi connectivity index (χ4v) is 1.57. The summed E-state index contributed by atoms with van der Waals surface area (Å²) >= 11 is 0. The van der Waals surface area contributed by atoms with Crippen molar-refractivity contribution in [3.63, 3.8) is 0 Å². The van der Waals surface area contributed by atoms with E-state index in [0.29, 0.717) is 5.57 Å². The van der Waals surface area contributed by atoms with Crippen LogP contribution < -0.4 is 0 Å². The minimum Gasteiger partial charge on any atom is -0.459 e. The number of aliphatic hydroxyl groups excluding tert-OH is 2. The number of hydrogen-bond acceptors (Lipinski definition) is 4. The Balaban J connectivity index is 2.01. The van der Waals surface area contributed by atoms with Crippen molar-refractivity contribution in [3.05, 3.63) is 47.1 Å². The Bertz CT molecular complexity index is 426. The van der Waals surface area contributed by atoms with Crippen molar-refractivity contribution in [2.75, 3.05) is 13.2 Å². The van der Waals surface area contributed by atoms with Crippen molar-refractivity contribution >= 4 is 5.97 Å². The molecule has 0 spiro atoms. The molecule has 2 aliphatic carbocycles. The Morgan fingerprint density at radius 2 is 2.19 bits per heavy atom. The topological polar surface area (TPSA) is 66.8 Å². The largest absolute Gasteiger partial charge is 0.459 e. The van der Waals surface area contributed by atoms with Crippen LogP contribution in [-0.2, 0) is 9.53 Å². The van der Waals surface area contributed by atoms with E-state index >= 15 is 0 Å². The van der Waals surface area contributed by atoms with Gasteiger partial charge in [0.25, 0.3) is 0 Å².